The molecule has 0 saturated carbocycles. The number of rotatable bonds is 4. The summed E-state index contributed by atoms with van der Waals surface area (Å²) in [4.78, 5) is 2.44. The Bertz CT molecular complexity index is 222. The van der Waals surface area contributed by atoms with E-state index in [2.05, 4.69) is 4.90 Å². The van der Waals surface area contributed by atoms with E-state index in [4.69, 9.17) is 9.47 Å². The van der Waals surface area contributed by atoms with Gasteiger partial charge in [0, 0.05) is 12.6 Å². The Morgan fingerprint density at radius 1 is 1.50 bits per heavy atom. The van der Waals surface area contributed by atoms with E-state index in [9.17, 15) is 5.11 Å². The quantitative estimate of drug-likeness (QED) is 0.768. The van der Waals surface area contributed by atoms with Gasteiger partial charge in [0.15, 0.2) is 0 Å². The summed E-state index contributed by atoms with van der Waals surface area (Å²) in [6, 6.07) is 0.592. The molecule has 3 atom stereocenters. The fourth-order valence-electron chi connectivity index (χ4n) is 2.47. The Kier molecular flexibility index (Phi) is 4.19. The number of ether oxygens (including phenoxy) is 2. The molecule has 0 aromatic carbocycles. The smallest absolute Gasteiger partial charge is 0.105 e. The predicted octanol–water partition coefficient (Wildman–Crippen LogP) is 0.635. The molecule has 0 aliphatic carbocycles. The maximum atomic E-state index is 9.97. The van der Waals surface area contributed by atoms with Crippen molar-refractivity contribution in [2.45, 2.75) is 51.0 Å². The molecule has 2 fully saturated rings. The molecule has 0 aromatic rings. The van der Waals surface area contributed by atoms with Crippen LogP contribution in [0.2, 0.25) is 0 Å². The molecule has 2 aliphatic heterocycles. The van der Waals surface area contributed by atoms with Crippen LogP contribution in [-0.4, -0.2) is 60.7 Å². The highest BCUT2D eigenvalue weighted by atomic mass is 16.5. The van der Waals surface area contributed by atoms with Crippen molar-refractivity contribution in [2.24, 2.45) is 0 Å². The summed E-state index contributed by atoms with van der Waals surface area (Å²) >= 11 is 0. The van der Waals surface area contributed by atoms with Gasteiger partial charge in [-0.1, -0.05) is 0 Å². The van der Waals surface area contributed by atoms with Crippen LogP contribution in [0.1, 0.15) is 26.7 Å². The molecule has 0 bridgehead atoms. The molecular formula is C12H23NO3. The lowest BCUT2D eigenvalue weighted by Gasteiger charge is -2.37. The summed E-state index contributed by atoms with van der Waals surface area (Å²) in [6.45, 7) is 7.11. The van der Waals surface area contributed by atoms with Gasteiger partial charge in [-0.05, 0) is 33.2 Å². The van der Waals surface area contributed by atoms with Gasteiger partial charge in [0.1, 0.15) is 6.10 Å². The van der Waals surface area contributed by atoms with Gasteiger partial charge in [0.05, 0.1) is 25.4 Å². The molecular weight excluding hydrogens is 206 g/mol. The summed E-state index contributed by atoms with van der Waals surface area (Å²) in [6.07, 6.45) is 2.10. The number of fused-ring (bicyclic) bond motifs is 1. The number of aliphatic hydroxyl groups excluding tert-OH is 1. The molecule has 4 heteroatoms. The lowest BCUT2D eigenvalue weighted by Crippen LogP contribution is -2.51. The van der Waals surface area contributed by atoms with Crippen LogP contribution in [0.5, 0.6) is 0 Å². The minimum absolute atomic E-state index is 0.0758. The van der Waals surface area contributed by atoms with E-state index in [0.29, 0.717) is 12.6 Å². The number of nitrogens with zero attached hydrogens (tertiary/aromatic N) is 1. The molecule has 2 saturated heterocycles. The molecule has 0 radical (unpaired) electrons. The molecule has 0 aromatic heterocycles. The van der Waals surface area contributed by atoms with Crippen LogP contribution in [0.15, 0.2) is 0 Å². The first-order chi connectivity index (χ1) is 7.66. The molecule has 1 N–H and O–H groups in total. The Morgan fingerprint density at radius 2 is 2.31 bits per heavy atom. The third kappa shape index (κ3) is 2.94. The average Bonchev–Trinajstić information content (AvgIpc) is 2.72. The zero-order chi connectivity index (χ0) is 11.5. The summed E-state index contributed by atoms with van der Waals surface area (Å²) in [5.41, 5.74) is 0. The van der Waals surface area contributed by atoms with E-state index in [1.54, 1.807) is 0 Å². The third-order valence-corrected chi connectivity index (χ3v) is 3.45. The normalized spacial score (nSPS) is 33.0. The largest absolute Gasteiger partial charge is 0.388 e. The molecule has 2 heterocycles. The SMILES string of the molecule is CC(C)OCC(O)C1CN2CCCC2CO1. The minimum Gasteiger partial charge on any atom is -0.388 e. The van der Waals surface area contributed by atoms with Crippen LogP contribution in [0.4, 0.5) is 0 Å². The van der Waals surface area contributed by atoms with Crippen LogP contribution in [0.25, 0.3) is 0 Å². The lowest BCUT2D eigenvalue weighted by molar-refractivity contribution is -0.125. The maximum Gasteiger partial charge on any atom is 0.105 e. The van der Waals surface area contributed by atoms with Crippen molar-refractivity contribution >= 4 is 0 Å². The fraction of sp³-hybridized carbons (Fsp3) is 1.00. The van der Waals surface area contributed by atoms with Gasteiger partial charge in [0.25, 0.3) is 0 Å². The lowest BCUT2D eigenvalue weighted by atomic mass is 10.1. The number of aliphatic hydroxyl groups is 1. The fourth-order valence-corrected chi connectivity index (χ4v) is 2.47. The second-order valence-corrected chi connectivity index (χ2v) is 5.11. The van der Waals surface area contributed by atoms with E-state index in [1.165, 1.54) is 12.8 Å². The van der Waals surface area contributed by atoms with Crippen molar-refractivity contribution in [1.82, 2.24) is 4.90 Å². The van der Waals surface area contributed by atoms with E-state index in [1.807, 2.05) is 13.8 Å². The minimum atomic E-state index is -0.496. The molecule has 2 rings (SSSR count). The van der Waals surface area contributed by atoms with E-state index in [-0.39, 0.29) is 12.2 Å². The number of hydrogen-bond acceptors (Lipinski definition) is 4. The number of hydrogen-bond donors (Lipinski definition) is 1. The van der Waals surface area contributed by atoms with Gasteiger partial charge in [-0.15, -0.1) is 0 Å². The first-order valence-electron chi connectivity index (χ1n) is 6.32. The van der Waals surface area contributed by atoms with E-state index >= 15 is 0 Å². The van der Waals surface area contributed by atoms with E-state index < -0.39 is 6.10 Å². The van der Waals surface area contributed by atoms with Crippen LogP contribution in [0.3, 0.4) is 0 Å². The van der Waals surface area contributed by atoms with Crippen molar-refractivity contribution in [2.75, 3.05) is 26.3 Å². The van der Waals surface area contributed by atoms with Crippen molar-refractivity contribution in [1.29, 1.82) is 0 Å². The predicted molar refractivity (Wildman–Crippen MR) is 61.4 cm³/mol. The first kappa shape index (κ1) is 12.3. The van der Waals surface area contributed by atoms with Crippen LogP contribution < -0.4 is 0 Å². The number of morpholine rings is 1. The van der Waals surface area contributed by atoms with Gasteiger partial charge < -0.3 is 14.6 Å². The highest BCUT2D eigenvalue weighted by molar-refractivity contribution is 4.87. The molecule has 94 valence electrons. The van der Waals surface area contributed by atoms with Crippen molar-refractivity contribution in [3.8, 4) is 0 Å². The molecule has 0 spiro atoms. The first-order valence-corrected chi connectivity index (χ1v) is 6.32. The monoisotopic (exact) mass is 229 g/mol. The Hall–Kier alpha value is -0.160. The molecule has 4 nitrogen and oxygen atoms in total. The summed E-state index contributed by atoms with van der Waals surface area (Å²) in [7, 11) is 0. The van der Waals surface area contributed by atoms with E-state index in [0.717, 1.165) is 19.7 Å². The Labute approximate surface area is 97.5 Å². The molecule has 0 amide bonds. The summed E-state index contributed by atoms with van der Waals surface area (Å²) in [5, 5.41) is 9.97. The van der Waals surface area contributed by atoms with Crippen LogP contribution >= 0.6 is 0 Å². The second kappa shape index (κ2) is 5.45. The average molecular weight is 229 g/mol. The van der Waals surface area contributed by atoms with Crippen molar-refractivity contribution < 1.29 is 14.6 Å². The van der Waals surface area contributed by atoms with Crippen molar-refractivity contribution in [3.63, 3.8) is 0 Å². The molecule has 16 heavy (non-hydrogen) atoms. The van der Waals surface area contributed by atoms with Crippen LogP contribution in [-0.2, 0) is 9.47 Å². The highest BCUT2D eigenvalue weighted by Crippen LogP contribution is 2.23. The molecule has 2 aliphatic rings. The Morgan fingerprint density at radius 3 is 3.06 bits per heavy atom. The standard InChI is InChI=1S/C12H23NO3/c1-9(2)15-8-11(14)12-6-13-5-3-4-10(13)7-16-12/h9-12,14H,3-8H2,1-2H3. The van der Waals surface area contributed by atoms with Gasteiger partial charge in [-0.25, -0.2) is 0 Å². The van der Waals surface area contributed by atoms with Gasteiger partial charge in [-0.2, -0.15) is 0 Å². The zero-order valence-corrected chi connectivity index (χ0v) is 10.3. The zero-order valence-electron chi connectivity index (χ0n) is 10.3. The van der Waals surface area contributed by atoms with Gasteiger partial charge in [0.2, 0.25) is 0 Å². The third-order valence-electron chi connectivity index (χ3n) is 3.45. The summed E-state index contributed by atoms with van der Waals surface area (Å²) in [5.74, 6) is 0. The Balaban J connectivity index is 1.77. The highest BCUT2D eigenvalue weighted by Gasteiger charge is 2.35. The van der Waals surface area contributed by atoms with Gasteiger partial charge >= 0.3 is 0 Å². The summed E-state index contributed by atoms with van der Waals surface area (Å²) < 4.78 is 11.1. The second-order valence-electron chi connectivity index (χ2n) is 5.11. The van der Waals surface area contributed by atoms with Gasteiger partial charge in [-0.3, -0.25) is 4.90 Å². The topological polar surface area (TPSA) is 41.9 Å². The maximum absolute atomic E-state index is 9.97. The van der Waals surface area contributed by atoms with Crippen LogP contribution in [0, 0.1) is 0 Å². The van der Waals surface area contributed by atoms with Crippen molar-refractivity contribution in [3.05, 3.63) is 0 Å². The molecule has 3 unspecified atom stereocenters.